The van der Waals surface area contributed by atoms with Gasteiger partial charge in [-0.3, -0.25) is 9.79 Å². The first-order valence-corrected chi connectivity index (χ1v) is 4.80. The van der Waals surface area contributed by atoms with Crippen LogP contribution in [0.25, 0.3) is 0 Å². The number of benzene rings is 1. The first kappa shape index (κ1) is 13.7. The Kier molecular flexibility index (Phi) is 6.38. The first-order chi connectivity index (χ1) is 6.99. The molecular formula is C11H15ClN2O. The van der Waals surface area contributed by atoms with Gasteiger partial charge in [0.2, 0.25) is 5.91 Å². The molecular weight excluding hydrogens is 212 g/mol. The van der Waals surface area contributed by atoms with Gasteiger partial charge >= 0.3 is 0 Å². The molecule has 0 atom stereocenters. The van der Waals surface area contributed by atoms with Gasteiger partial charge < -0.3 is 5.73 Å². The summed E-state index contributed by atoms with van der Waals surface area (Å²) in [5.74, 6) is -0.333. The maximum absolute atomic E-state index is 9.22. The molecule has 0 unspecified atom stereocenters. The summed E-state index contributed by atoms with van der Waals surface area (Å²) in [4.78, 5) is 13.1. The molecule has 0 radical (unpaired) electrons. The summed E-state index contributed by atoms with van der Waals surface area (Å²) in [6.07, 6.45) is 1.78. The summed E-state index contributed by atoms with van der Waals surface area (Å²) < 4.78 is 0. The summed E-state index contributed by atoms with van der Waals surface area (Å²) in [5, 5.41) is 0.760. The van der Waals surface area contributed by atoms with Gasteiger partial charge in [0.1, 0.15) is 0 Å². The van der Waals surface area contributed by atoms with E-state index in [-0.39, 0.29) is 5.91 Å². The van der Waals surface area contributed by atoms with E-state index in [1.807, 2.05) is 25.1 Å². The van der Waals surface area contributed by atoms with Crippen LogP contribution in [-0.2, 0) is 4.79 Å². The monoisotopic (exact) mass is 226 g/mol. The molecule has 0 bridgehead atoms. The van der Waals surface area contributed by atoms with Gasteiger partial charge in [-0.05, 0) is 18.6 Å². The molecule has 1 aromatic rings. The molecule has 0 saturated heterocycles. The fraction of sp³-hybridized carbons (Fsp3) is 0.273. The molecule has 0 heterocycles. The van der Waals surface area contributed by atoms with Crippen LogP contribution < -0.4 is 5.73 Å². The lowest BCUT2D eigenvalue weighted by Crippen LogP contribution is -2.01. The lowest BCUT2D eigenvalue weighted by Gasteiger charge is -2.00. The average molecular weight is 227 g/mol. The normalized spacial score (nSPS) is 9.60. The van der Waals surface area contributed by atoms with Crippen LogP contribution in [0.4, 0.5) is 0 Å². The lowest BCUT2D eigenvalue weighted by molar-refractivity contribution is -0.115. The third-order valence-corrected chi connectivity index (χ3v) is 1.86. The van der Waals surface area contributed by atoms with Gasteiger partial charge in [0.15, 0.2) is 0 Å². The molecule has 0 spiro atoms. The quantitative estimate of drug-likeness (QED) is 0.734. The molecule has 82 valence electrons. The third-order valence-electron chi connectivity index (χ3n) is 1.53. The smallest absolute Gasteiger partial charge is 0.214 e. The summed E-state index contributed by atoms with van der Waals surface area (Å²) in [6.45, 7) is 3.32. The molecule has 0 aliphatic carbocycles. The van der Waals surface area contributed by atoms with Crippen molar-refractivity contribution < 1.29 is 4.79 Å². The maximum atomic E-state index is 9.22. The number of amides is 1. The Morgan fingerprint density at radius 3 is 2.47 bits per heavy atom. The number of aryl methyl sites for hydroxylation is 1. The third kappa shape index (κ3) is 5.86. The highest BCUT2D eigenvalue weighted by Crippen LogP contribution is 2.16. The van der Waals surface area contributed by atoms with Crippen LogP contribution in [0.15, 0.2) is 23.2 Å². The molecule has 3 nitrogen and oxygen atoms in total. The Balaban J connectivity index is 0.000000423. The van der Waals surface area contributed by atoms with Crippen molar-refractivity contribution in [3.05, 3.63) is 34.3 Å². The second-order valence-electron chi connectivity index (χ2n) is 2.97. The number of rotatable bonds is 1. The van der Waals surface area contributed by atoms with Crippen molar-refractivity contribution >= 4 is 23.7 Å². The summed E-state index contributed by atoms with van der Waals surface area (Å²) >= 11 is 5.92. The predicted octanol–water partition coefficient (Wildman–Crippen LogP) is 2.19. The van der Waals surface area contributed by atoms with Crippen molar-refractivity contribution in [2.24, 2.45) is 10.7 Å². The van der Waals surface area contributed by atoms with Crippen molar-refractivity contribution in [1.82, 2.24) is 0 Å². The van der Waals surface area contributed by atoms with Gasteiger partial charge in [-0.2, -0.15) is 0 Å². The molecule has 4 heteroatoms. The number of primary amides is 1. The second-order valence-corrected chi connectivity index (χ2v) is 3.38. The number of halogens is 1. The van der Waals surface area contributed by atoms with E-state index in [9.17, 15) is 4.79 Å². The van der Waals surface area contributed by atoms with E-state index in [2.05, 4.69) is 10.7 Å². The minimum absolute atomic E-state index is 0.333. The van der Waals surface area contributed by atoms with Crippen LogP contribution in [0.2, 0.25) is 5.02 Å². The van der Waals surface area contributed by atoms with Crippen molar-refractivity contribution in [1.29, 1.82) is 0 Å². The fourth-order valence-corrected chi connectivity index (χ4v) is 1.21. The lowest BCUT2D eigenvalue weighted by atomic mass is 10.1. The van der Waals surface area contributed by atoms with E-state index in [0.29, 0.717) is 0 Å². The van der Waals surface area contributed by atoms with E-state index in [1.165, 1.54) is 6.92 Å². The zero-order chi connectivity index (χ0) is 11.8. The van der Waals surface area contributed by atoms with E-state index >= 15 is 0 Å². The molecule has 15 heavy (non-hydrogen) atoms. The van der Waals surface area contributed by atoms with Gasteiger partial charge in [-0.15, -0.1) is 0 Å². The zero-order valence-corrected chi connectivity index (χ0v) is 9.88. The molecule has 1 rings (SSSR count). The van der Waals surface area contributed by atoms with Gasteiger partial charge in [-0.1, -0.05) is 23.7 Å². The van der Waals surface area contributed by atoms with Gasteiger partial charge in [0.05, 0.1) is 0 Å². The van der Waals surface area contributed by atoms with Crippen molar-refractivity contribution in [2.45, 2.75) is 13.8 Å². The van der Waals surface area contributed by atoms with E-state index < -0.39 is 0 Å². The highest BCUT2D eigenvalue weighted by Gasteiger charge is 1.98. The molecule has 0 saturated carbocycles. The minimum atomic E-state index is -0.333. The van der Waals surface area contributed by atoms with Gasteiger partial charge in [0, 0.05) is 30.8 Å². The van der Waals surface area contributed by atoms with Crippen LogP contribution in [0.3, 0.4) is 0 Å². The SMILES string of the molecule is CC(N)=O.CN=Cc1c(C)cccc1Cl. The largest absolute Gasteiger partial charge is 0.370 e. The summed E-state index contributed by atoms with van der Waals surface area (Å²) in [6, 6.07) is 5.82. The Hall–Kier alpha value is -1.35. The van der Waals surface area contributed by atoms with Crippen LogP contribution in [0, 0.1) is 6.92 Å². The Morgan fingerprint density at radius 2 is 2.07 bits per heavy atom. The zero-order valence-electron chi connectivity index (χ0n) is 9.12. The van der Waals surface area contributed by atoms with Crippen molar-refractivity contribution in [3.63, 3.8) is 0 Å². The Morgan fingerprint density at radius 1 is 1.53 bits per heavy atom. The van der Waals surface area contributed by atoms with Gasteiger partial charge in [0.25, 0.3) is 0 Å². The van der Waals surface area contributed by atoms with Gasteiger partial charge in [-0.25, -0.2) is 0 Å². The number of nitrogens with two attached hydrogens (primary N) is 1. The van der Waals surface area contributed by atoms with E-state index in [1.54, 1.807) is 13.3 Å². The minimum Gasteiger partial charge on any atom is -0.370 e. The molecule has 0 fully saturated rings. The van der Waals surface area contributed by atoms with E-state index in [0.717, 1.165) is 16.1 Å². The maximum Gasteiger partial charge on any atom is 0.214 e. The number of hydrogen-bond donors (Lipinski definition) is 1. The van der Waals surface area contributed by atoms with Crippen LogP contribution in [0.1, 0.15) is 18.1 Å². The van der Waals surface area contributed by atoms with E-state index in [4.69, 9.17) is 11.6 Å². The molecule has 0 aliphatic heterocycles. The van der Waals surface area contributed by atoms with Crippen LogP contribution >= 0.6 is 11.6 Å². The molecule has 2 N–H and O–H groups in total. The number of aliphatic imine (C=N–C) groups is 1. The standard InChI is InChI=1S/C9H10ClN.C2H5NO/c1-7-4-3-5-9(10)8(7)6-11-2;1-2(3)4/h3-6H,1-2H3;1H3,(H2,3,4). The number of hydrogen-bond acceptors (Lipinski definition) is 2. The highest BCUT2D eigenvalue weighted by molar-refractivity contribution is 6.33. The fourth-order valence-electron chi connectivity index (χ4n) is 0.937. The van der Waals surface area contributed by atoms with Crippen molar-refractivity contribution in [2.75, 3.05) is 7.05 Å². The number of carbonyl (C=O) groups excluding carboxylic acids is 1. The number of nitrogens with zero attached hydrogens (tertiary/aromatic N) is 1. The molecule has 1 aromatic carbocycles. The average Bonchev–Trinajstić information content (AvgIpc) is 2.11. The first-order valence-electron chi connectivity index (χ1n) is 4.42. The summed E-state index contributed by atoms with van der Waals surface area (Å²) in [7, 11) is 1.74. The van der Waals surface area contributed by atoms with Crippen LogP contribution in [0.5, 0.6) is 0 Å². The van der Waals surface area contributed by atoms with Crippen LogP contribution in [-0.4, -0.2) is 19.2 Å². The molecule has 0 aromatic heterocycles. The topological polar surface area (TPSA) is 55.5 Å². The van der Waals surface area contributed by atoms with Crippen molar-refractivity contribution in [3.8, 4) is 0 Å². The molecule has 1 amide bonds. The Bertz CT molecular complexity index is 337. The Labute approximate surface area is 95.0 Å². The number of carbonyl (C=O) groups is 1. The second kappa shape index (κ2) is 7.01. The molecule has 0 aliphatic rings. The predicted molar refractivity (Wildman–Crippen MR) is 64.6 cm³/mol. The highest BCUT2D eigenvalue weighted by atomic mass is 35.5. The summed E-state index contributed by atoms with van der Waals surface area (Å²) in [5.41, 5.74) is 6.64.